The van der Waals surface area contributed by atoms with E-state index in [9.17, 15) is 14.2 Å². The van der Waals surface area contributed by atoms with Crippen LogP contribution in [0.5, 0.6) is 0 Å². The van der Waals surface area contributed by atoms with Crippen molar-refractivity contribution in [2.75, 3.05) is 13.2 Å². The van der Waals surface area contributed by atoms with E-state index in [4.69, 9.17) is 19.3 Å². The second-order valence-electron chi connectivity index (χ2n) is 14.0. The number of carbonyl (C=O) groups is 2. The van der Waals surface area contributed by atoms with Gasteiger partial charge < -0.3 is 19.3 Å². The first-order valence-electron chi connectivity index (χ1n) is 20.8. The smallest absolute Gasteiger partial charge is 0.462 e. The van der Waals surface area contributed by atoms with E-state index in [1.807, 2.05) is 0 Å². The van der Waals surface area contributed by atoms with Gasteiger partial charge in [-0.3, -0.25) is 14.1 Å². The minimum atomic E-state index is -4.76. The number of hydrogen-bond donors (Lipinski definition) is 2. The third-order valence-electron chi connectivity index (χ3n) is 8.91. The first-order chi connectivity index (χ1) is 24.8. The summed E-state index contributed by atoms with van der Waals surface area (Å²) >= 11 is 0. The molecule has 0 rings (SSSR count). The van der Waals surface area contributed by atoms with Gasteiger partial charge in [-0.15, -0.1) is 0 Å². The van der Waals surface area contributed by atoms with E-state index in [-0.39, 0.29) is 19.4 Å². The highest BCUT2D eigenvalue weighted by atomic mass is 31.2. The van der Waals surface area contributed by atoms with Crippen LogP contribution in [0, 0.1) is 0 Å². The molecule has 0 bridgehead atoms. The van der Waals surface area contributed by atoms with Gasteiger partial charge in [-0.25, -0.2) is 4.57 Å². The van der Waals surface area contributed by atoms with Gasteiger partial charge in [0.05, 0.1) is 6.61 Å². The van der Waals surface area contributed by atoms with Crippen molar-refractivity contribution in [3.63, 3.8) is 0 Å². The molecule has 1 atom stereocenters. The third-order valence-corrected chi connectivity index (χ3v) is 9.40. The highest BCUT2D eigenvalue weighted by Gasteiger charge is 2.22. The Morgan fingerprint density at radius 1 is 0.510 bits per heavy atom. The minimum absolute atomic E-state index is 0.188. The third kappa shape index (κ3) is 40.9. The molecule has 0 aromatic carbocycles. The molecule has 51 heavy (non-hydrogen) atoms. The van der Waals surface area contributed by atoms with Crippen LogP contribution in [0.4, 0.5) is 0 Å². The van der Waals surface area contributed by atoms with Gasteiger partial charge in [-0.05, 0) is 51.4 Å². The molecule has 9 heteroatoms. The number of rotatable bonds is 38. The standard InChI is InChI=1S/C42H77O8P/c1-3-5-7-9-11-13-15-17-19-21-23-25-27-29-31-33-35-37-42(44)50-40(39-49-51(45,46)47)38-48-41(43)36-34-32-30-28-26-24-22-20-18-16-14-12-10-8-6-4-2/h11,13,17,19,23,25,40H,3-10,12,14-16,18,20-22,24,26-39H2,1-2H3,(H2,45,46,47)/b13-11+,19-17+,25-23+/t40-/m1/s1. The number of allylic oxidation sites excluding steroid dienone is 6. The van der Waals surface area contributed by atoms with Crippen molar-refractivity contribution in [3.05, 3.63) is 36.5 Å². The van der Waals surface area contributed by atoms with Crippen LogP contribution in [-0.2, 0) is 28.2 Å². The van der Waals surface area contributed by atoms with Crippen molar-refractivity contribution in [1.82, 2.24) is 0 Å². The van der Waals surface area contributed by atoms with Crippen LogP contribution in [0.25, 0.3) is 0 Å². The maximum Gasteiger partial charge on any atom is 0.469 e. The fourth-order valence-corrected chi connectivity index (χ4v) is 6.15. The lowest BCUT2D eigenvalue weighted by Crippen LogP contribution is -2.29. The zero-order valence-electron chi connectivity index (χ0n) is 32.8. The number of esters is 2. The monoisotopic (exact) mass is 741 g/mol. The van der Waals surface area contributed by atoms with Crippen molar-refractivity contribution in [3.8, 4) is 0 Å². The molecule has 0 heterocycles. The fourth-order valence-electron chi connectivity index (χ4n) is 5.79. The summed E-state index contributed by atoms with van der Waals surface area (Å²) in [6.07, 6.45) is 44.3. The molecule has 0 aliphatic carbocycles. The maximum atomic E-state index is 12.4. The zero-order chi connectivity index (χ0) is 37.5. The van der Waals surface area contributed by atoms with Crippen LogP contribution in [0.1, 0.15) is 200 Å². The van der Waals surface area contributed by atoms with Crippen LogP contribution < -0.4 is 0 Å². The van der Waals surface area contributed by atoms with E-state index < -0.39 is 32.5 Å². The Labute approximate surface area is 312 Å². The summed E-state index contributed by atoms with van der Waals surface area (Å²) in [7, 11) is -4.76. The summed E-state index contributed by atoms with van der Waals surface area (Å²) < 4.78 is 26.4. The van der Waals surface area contributed by atoms with Gasteiger partial charge in [0.2, 0.25) is 0 Å². The molecule has 0 aliphatic heterocycles. The molecule has 0 aromatic heterocycles. The first-order valence-corrected chi connectivity index (χ1v) is 22.3. The van der Waals surface area contributed by atoms with Crippen molar-refractivity contribution in [2.24, 2.45) is 0 Å². The molecule has 8 nitrogen and oxygen atoms in total. The molecule has 0 saturated heterocycles. The van der Waals surface area contributed by atoms with Gasteiger partial charge in [0.1, 0.15) is 6.61 Å². The minimum Gasteiger partial charge on any atom is -0.462 e. The van der Waals surface area contributed by atoms with Gasteiger partial charge in [0.15, 0.2) is 6.10 Å². The molecule has 2 N–H and O–H groups in total. The van der Waals surface area contributed by atoms with Crippen LogP contribution in [0.3, 0.4) is 0 Å². The largest absolute Gasteiger partial charge is 0.469 e. The second-order valence-corrected chi connectivity index (χ2v) is 15.2. The summed E-state index contributed by atoms with van der Waals surface area (Å²) in [5.74, 6) is -0.904. The van der Waals surface area contributed by atoms with Crippen molar-refractivity contribution < 1.29 is 37.9 Å². The van der Waals surface area contributed by atoms with Crippen molar-refractivity contribution >= 4 is 19.8 Å². The van der Waals surface area contributed by atoms with Crippen molar-refractivity contribution in [2.45, 2.75) is 206 Å². The van der Waals surface area contributed by atoms with Crippen LogP contribution in [0.15, 0.2) is 36.5 Å². The van der Waals surface area contributed by atoms with E-state index in [1.165, 1.54) is 109 Å². The van der Waals surface area contributed by atoms with Gasteiger partial charge in [0, 0.05) is 12.8 Å². The highest BCUT2D eigenvalue weighted by Crippen LogP contribution is 2.36. The highest BCUT2D eigenvalue weighted by molar-refractivity contribution is 7.46. The Kier molecular flexibility index (Phi) is 36.7. The predicted octanol–water partition coefficient (Wildman–Crippen LogP) is 12.6. The quantitative estimate of drug-likeness (QED) is 0.0278. The number of phosphoric ester groups is 1. The summed E-state index contributed by atoms with van der Waals surface area (Å²) in [6.45, 7) is 3.65. The van der Waals surface area contributed by atoms with Gasteiger partial charge >= 0.3 is 19.8 Å². The Bertz CT molecular complexity index is 926. The number of unbranched alkanes of at least 4 members (excludes halogenated alkanes) is 22. The van der Waals surface area contributed by atoms with E-state index in [1.54, 1.807) is 0 Å². The van der Waals surface area contributed by atoms with E-state index >= 15 is 0 Å². The van der Waals surface area contributed by atoms with Crippen molar-refractivity contribution in [1.29, 1.82) is 0 Å². The molecule has 0 spiro atoms. The molecule has 0 amide bonds. The SMILES string of the molecule is CCCCC/C=C/C/C=C/C/C=C/CCCCCCC(=O)O[C@H](COC(=O)CCCCCCCCCCCCCCCCCC)COP(=O)(O)O. The summed E-state index contributed by atoms with van der Waals surface area (Å²) in [6, 6.07) is 0. The predicted molar refractivity (Wildman–Crippen MR) is 211 cm³/mol. The molecule has 0 saturated carbocycles. The first kappa shape index (κ1) is 49.3. The Hall–Kier alpha value is -1.73. The molecular weight excluding hydrogens is 663 g/mol. The van der Waals surface area contributed by atoms with Crippen LogP contribution >= 0.6 is 7.82 Å². The molecule has 298 valence electrons. The second kappa shape index (κ2) is 38.0. The molecule has 0 aliphatic rings. The normalized spacial score (nSPS) is 12.8. The van der Waals surface area contributed by atoms with E-state index in [2.05, 4.69) is 54.8 Å². The van der Waals surface area contributed by atoms with E-state index in [0.717, 1.165) is 57.8 Å². The molecule has 0 fully saturated rings. The Morgan fingerprint density at radius 2 is 0.882 bits per heavy atom. The summed E-state index contributed by atoms with van der Waals surface area (Å²) in [5.41, 5.74) is 0. The lowest BCUT2D eigenvalue weighted by Gasteiger charge is -2.18. The van der Waals surface area contributed by atoms with Gasteiger partial charge in [0.25, 0.3) is 0 Å². The lowest BCUT2D eigenvalue weighted by molar-refractivity contribution is -0.161. The fraction of sp³-hybridized carbons (Fsp3) is 0.810. The van der Waals surface area contributed by atoms with E-state index in [0.29, 0.717) is 6.42 Å². The topological polar surface area (TPSA) is 119 Å². The number of hydrogen-bond acceptors (Lipinski definition) is 6. The summed E-state index contributed by atoms with van der Waals surface area (Å²) in [4.78, 5) is 42.8. The molecule has 0 radical (unpaired) electrons. The molecular formula is C42H77O8P. The van der Waals surface area contributed by atoms with Gasteiger partial charge in [-0.2, -0.15) is 0 Å². The zero-order valence-corrected chi connectivity index (χ0v) is 33.6. The average Bonchev–Trinajstić information content (AvgIpc) is 3.10. The summed E-state index contributed by atoms with van der Waals surface area (Å²) in [5, 5.41) is 0. The molecule has 0 unspecified atom stereocenters. The number of carbonyl (C=O) groups excluding carboxylic acids is 2. The van der Waals surface area contributed by atoms with Gasteiger partial charge in [-0.1, -0.05) is 172 Å². The van der Waals surface area contributed by atoms with Crippen LogP contribution in [-0.4, -0.2) is 41.0 Å². The average molecular weight is 741 g/mol. The lowest BCUT2D eigenvalue weighted by atomic mass is 10.0. The Balaban J connectivity index is 3.95. The number of phosphoric acid groups is 1. The Morgan fingerprint density at radius 3 is 1.35 bits per heavy atom. The molecule has 0 aromatic rings. The van der Waals surface area contributed by atoms with Crippen LogP contribution in [0.2, 0.25) is 0 Å². The number of ether oxygens (including phenoxy) is 2. The maximum absolute atomic E-state index is 12.4.